The molecule has 2 aliphatic heterocycles. The molecule has 2 N–H and O–H groups in total. The van der Waals surface area contributed by atoms with Crippen molar-refractivity contribution >= 4 is 15.9 Å². The van der Waals surface area contributed by atoms with Crippen molar-refractivity contribution < 1.29 is 18.1 Å². The second-order valence-corrected chi connectivity index (χ2v) is 10.1. The van der Waals surface area contributed by atoms with Crippen LogP contribution in [0.15, 0.2) is 59.5 Å². The number of amides is 1. The molecule has 0 bridgehead atoms. The quantitative estimate of drug-likeness (QED) is 0.704. The molecule has 30 heavy (non-hydrogen) atoms. The third kappa shape index (κ3) is 4.58. The SMILES string of the molecule is O=C(NC[C@H](c1ccccc1)[NH+]1CCCC1)c1cccc(S(=O)(=O)N2CCCC2)c1. The van der Waals surface area contributed by atoms with E-state index in [2.05, 4.69) is 17.4 Å². The number of carbonyl (C=O) groups is 1. The average Bonchev–Trinajstić information content (AvgIpc) is 3.49. The first kappa shape index (κ1) is 21.0. The predicted octanol–water partition coefficient (Wildman–Crippen LogP) is 1.62. The van der Waals surface area contributed by atoms with Crippen molar-refractivity contribution in [1.82, 2.24) is 9.62 Å². The maximum Gasteiger partial charge on any atom is 0.251 e. The number of hydrogen-bond donors (Lipinski definition) is 2. The van der Waals surface area contributed by atoms with Crippen molar-refractivity contribution in [2.24, 2.45) is 0 Å². The second kappa shape index (κ2) is 9.29. The molecule has 2 aromatic rings. The van der Waals surface area contributed by atoms with Crippen LogP contribution in [-0.2, 0) is 10.0 Å². The summed E-state index contributed by atoms with van der Waals surface area (Å²) >= 11 is 0. The number of hydrogen-bond acceptors (Lipinski definition) is 3. The van der Waals surface area contributed by atoms with Gasteiger partial charge in [-0.15, -0.1) is 0 Å². The molecule has 2 saturated heterocycles. The Morgan fingerprint density at radius 2 is 1.67 bits per heavy atom. The van der Waals surface area contributed by atoms with Crippen LogP contribution in [0.5, 0.6) is 0 Å². The first-order valence-corrected chi connectivity index (χ1v) is 12.3. The smallest absolute Gasteiger partial charge is 0.251 e. The molecular formula is C23H30N3O3S+. The third-order valence-corrected chi connectivity index (χ3v) is 8.10. The van der Waals surface area contributed by atoms with Gasteiger partial charge in [-0.25, -0.2) is 8.42 Å². The van der Waals surface area contributed by atoms with Crippen LogP contribution in [-0.4, -0.2) is 51.4 Å². The van der Waals surface area contributed by atoms with E-state index in [4.69, 9.17) is 0 Å². The van der Waals surface area contributed by atoms with E-state index >= 15 is 0 Å². The van der Waals surface area contributed by atoms with Gasteiger partial charge in [-0.05, 0) is 31.0 Å². The standard InChI is InChI=1S/C23H29N3O3S/c27-23(20-11-8-12-21(17-20)30(28,29)26-15-6-7-16-26)24-18-22(25-13-4-5-14-25)19-9-2-1-3-10-19/h1-3,8-12,17,22H,4-7,13-16,18H2,(H,24,27)/p+1/t22-/m1/s1. The number of nitrogens with one attached hydrogen (secondary N) is 2. The van der Waals surface area contributed by atoms with Gasteiger partial charge in [-0.1, -0.05) is 36.4 Å². The van der Waals surface area contributed by atoms with Gasteiger partial charge >= 0.3 is 0 Å². The van der Waals surface area contributed by atoms with Gasteiger partial charge in [0.25, 0.3) is 5.91 Å². The fourth-order valence-corrected chi connectivity index (χ4v) is 6.10. The van der Waals surface area contributed by atoms with E-state index in [9.17, 15) is 13.2 Å². The van der Waals surface area contributed by atoms with Gasteiger partial charge in [0, 0.05) is 37.1 Å². The van der Waals surface area contributed by atoms with E-state index in [0.29, 0.717) is 25.2 Å². The maximum atomic E-state index is 12.9. The molecule has 0 spiro atoms. The Balaban J connectivity index is 1.48. The van der Waals surface area contributed by atoms with E-state index < -0.39 is 10.0 Å². The molecule has 2 heterocycles. The number of rotatable bonds is 7. The van der Waals surface area contributed by atoms with Crippen LogP contribution >= 0.6 is 0 Å². The minimum Gasteiger partial charge on any atom is -0.346 e. The molecule has 0 aliphatic carbocycles. The van der Waals surface area contributed by atoms with E-state index in [1.807, 2.05) is 18.2 Å². The number of likely N-dealkylation sites (tertiary alicyclic amines) is 1. The van der Waals surface area contributed by atoms with Gasteiger partial charge in [-0.3, -0.25) is 4.79 Å². The molecule has 7 heteroatoms. The second-order valence-electron chi connectivity index (χ2n) is 8.18. The summed E-state index contributed by atoms with van der Waals surface area (Å²) in [6, 6.07) is 16.9. The lowest BCUT2D eigenvalue weighted by atomic mass is 10.1. The van der Waals surface area contributed by atoms with Gasteiger partial charge in [0.15, 0.2) is 0 Å². The van der Waals surface area contributed by atoms with Crippen LogP contribution in [0.25, 0.3) is 0 Å². The molecule has 0 saturated carbocycles. The Morgan fingerprint density at radius 1 is 0.967 bits per heavy atom. The van der Waals surface area contributed by atoms with Gasteiger partial charge in [0.05, 0.1) is 24.5 Å². The highest BCUT2D eigenvalue weighted by Crippen LogP contribution is 2.21. The molecule has 0 radical (unpaired) electrons. The number of nitrogens with zero attached hydrogens (tertiary/aromatic N) is 1. The normalized spacial score (nSPS) is 19.1. The van der Waals surface area contributed by atoms with Crippen LogP contribution < -0.4 is 10.2 Å². The Bertz CT molecular complexity index is 966. The molecule has 2 aromatic carbocycles. The maximum absolute atomic E-state index is 12.9. The summed E-state index contributed by atoms with van der Waals surface area (Å²) in [4.78, 5) is 14.6. The molecule has 1 amide bonds. The van der Waals surface area contributed by atoms with E-state index in [-0.39, 0.29) is 16.8 Å². The lowest BCUT2D eigenvalue weighted by Crippen LogP contribution is -3.11. The topological polar surface area (TPSA) is 70.9 Å². The number of benzene rings is 2. The van der Waals surface area contributed by atoms with Crippen LogP contribution in [0.3, 0.4) is 0 Å². The molecule has 1 atom stereocenters. The Hall–Kier alpha value is -2.22. The fraction of sp³-hybridized carbons (Fsp3) is 0.435. The number of sulfonamides is 1. The highest BCUT2D eigenvalue weighted by molar-refractivity contribution is 7.89. The van der Waals surface area contributed by atoms with Gasteiger partial charge in [0.1, 0.15) is 6.04 Å². The molecule has 160 valence electrons. The summed E-state index contributed by atoms with van der Waals surface area (Å²) < 4.78 is 27.2. The Kier molecular flexibility index (Phi) is 6.51. The lowest BCUT2D eigenvalue weighted by Gasteiger charge is -2.25. The third-order valence-electron chi connectivity index (χ3n) is 6.21. The summed E-state index contributed by atoms with van der Waals surface area (Å²) in [5.74, 6) is -0.229. The van der Waals surface area contributed by atoms with Crippen LogP contribution in [0, 0.1) is 0 Å². The molecular weight excluding hydrogens is 398 g/mol. The molecule has 0 aromatic heterocycles. The highest BCUT2D eigenvalue weighted by Gasteiger charge is 2.29. The summed E-state index contributed by atoms with van der Waals surface area (Å²) in [5, 5.41) is 3.05. The first-order valence-electron chi connectivity index (χ1n) is 10.8. The van der Waals surface area contributed by atoms with Gasteiger partial charge in [-0.2, -0.15) is 4.31 Å². The summed E-state index contributed by atoms with van der Waals surface area (Å²) in [6.45, 7) is 3.85. The van der Waals surface area contributed by atoms with Gasteiger partial charge in [0.2, 0.25) is 10.0 Å². The molecule has 2 fully saturated rings. The zero-order valence-corrected chi connectivity index (χ0v) is 18.0. The van der Waals surface area contributed by atoms with Crippen molar-refractivity contribution in [3.05, 3.63) is 65.7 Å². The summed E-state index contributed by atoms with van der Waals surface area (Å²) in [7, 11) is -3.53. The van der Waals surface area contributed by atoms with E-state index in [1.165, 1.54) is 33.7 Å². The molecule has 6 nitrogen and oxygen atoms in total. The summed E-state index contributed by atoms with van der Waals surface area (Å²) in [5.41, 5.74) is 1.61. The first-order chi connectivity index (χ1) is 14.6. The predicted molar refractivity (Wildman–Crippen MR) is 116 cm³/mol. The van der Waals surface area contributed by atoms with Crippen molar-refractivity contribution in [1.29, 1.82) is 0 Å². The van der Waals surface area contributed by atoms with Crippen molar-refractivity contribution in [3.8, 4) is 0 Å². The average molecular weight is 429 g/mol. The zero-order chi connectivity index (χ0) is 21.0. The molecule has 0 unspecified atom stereocenters. The fourth-order valence-electron chi connectivity index (χ4n) is 4.53. The van der Waals surface area contributed by atoms with Crippen LogP contribution in [0.4, 0.5) is 0 Å². The van der Waals surface area contributed by atoms with Crippen molar-refractivity contribution in [2.75, 3.05) is 32.7 Å². The van der Waals surface area contributed by atoms with E-state index in [0.717, 1.165) is 25.9 Å². The molecule has 4 rings (SSSR count). The Labute approximate surface area is 178 Å². The van der Waals surface area contributed by atoms with Crippen molar-refractivity contribution in [2.45, 2.75) is 36.6 Å². The highest BCUT2D eigenvalue weighted by atomic mass is 32.2. The monoisotopic (exact) mass is 428 g/mol. The number of carbonyl (C=O) groups excluding carboxylic acids is 1. The van der Waals surface area contributed by atoms with E-state index in [1.54, 1.807) is 18.2 Å². The number of quaternary nitrogens is 1. The molecule has 2 aliphatic rings. The Morgan fingerprint density at radius 3 is 2.37 bits per heavy atom. The summed E-state index contributed by atoms with van der Waals surface area (Å²) in [6.07, 6.45) is 4.20. The minimum atomic E-state index is -3.53. The van der Waals surface area contributed by atoms with Crippen LogP contribution in [0.1, 0.15) is 47.6 Å². The van der Waals surface area contributed by atoms with Crippen LogP contribution in [0.2, 0.25) is 0 Å². The zero-order valence-electron chi connectivity index (χ0n) is 17.2. The minimum absolute atomic E-state index is 0.196. The largest absolute Gasteiger partial charge is 0.346 e. The van der Waals surface area contributed by atoms with Gasteiger partial charge < -0.3 is 10.2 Å². The van der Waals surface area contributed by atoms with Crippen molar-refractivity contribution in [3.63, 3.8) is 0 Å². The lowest BCUT2D eigenvalue weighted by molar-refractivity contribution is -0.918.